The molecule has 5 rings (SSSR count). The molecule has 3 heterocycles. The number of benzene rings is 2. The molecule has 2 amide bonds. The molecule has 0 radical (unpaired) electrons. The van der Waals surface area contributed by atoms with Gasteiger partial charge in [0, 0.05) is 19.2 Å². The van der Waals surface area contributed by atoms with Crippen LogP contribution in [0, 0.1) is 13.8 Å². The number of hydrogen-bond donors (Lipinski definition) is 0. The normalized spacial score (nSPS) is 15.2. The first-order chi connectivity index (χ1) is 19.4. The summed E-state index contributed by atoms with van der Waals surface area (Å²) < 4.78 is 10.9. The van der Waals surface area contributed by atoms with Crippen LogP contribution in [-0.2, 0) is 9.59 Å². The van der Waals surface area contributed by atoms with Crippen LogP contribution in [0.2, 0.25) is 0 Å². The van der Waals surface area contributed by atoms with E-state index in [4.69, 9.17) is 9.15 Å². The molecule has 1 aromatic heterocycles. The molecule has 1 atom stereocenters. The number of carbonyl (C=O) groups is 2. The second kappa shape index (κ2) is 14.7. The minimum Gasteiger partial charge on any atom is -0.482 e. The average molecular weight is 548 g/mol. The molecular weight excluding hydrogens is 502 g/mol. The Kier molecular flexibility index (Phi) is 11.4. The Labute approximate surface area is 239 Å². The lowest BCUT2D eigenvalue weighted by Crippen LogP contribution is -2.47. The summed E-state index contributed by atoms with van der Waals surface area (Å²) in [5, 5.41) is 0. The van der Waals surface area contributed by atoms with Crippen LogP contribution >= 0.6 is 0 Å². The maximum Gasteiger partial charge on any atom is 0.265 e. The highest BCUT2D eigenvalue weighted by molar-refractivity contribution is 6.02. The number of ether oxygens (including phenoxy) is 1. The summed E-state index contributed by atoms with van der Waals surface area (Å²) in [6.45, 7) is 14.8. The number of likely N-dealkylation sites (tertiary alicyclic amines) is 1. The molecule has 7 heteroatoms. The van der Waals surface area contributed by atoms with Crippen molar-refractivity contribution in [1.82, 2.24) is 9.80 Å². The van der Waals surface area contributed by atoms with E-state index in [1.54, 1.807) is 22.3 Å². The predicted octanol–water partition coefficient (Wildman–Crippen LogP) is 6.64. The number of hydrogen-bond acceptors (Lipinski definition) is 5. The van der Waals surface area contributed by atoms with Gasteiger partial charge in [0.15, 0.2) is 6.61 Å². The van der Waals surface area contributed by atoms with Crippen LogP contribution in [-0.4, -0.2) is 61.4 Å². The van der Waals surface area contributed by atoms with Gasteiger partial charge in [0.2, 0.25) is 5.91 Å². The lowest BCUT2D eigenvalue weighted by atomic mass is 10.0. The van der Waals surface area contributed by atoms with Gasteiger partial charge in [0.1, 0.15) is 12.3 Å². The van der Waals surface area contributed by atoms with Gasteiger partial charge in [-0.15, -0.1) is 0 Å². The third-order valence-electron chi connectivity index (χ3n) is 7.45. The van der Waals surface area contributed by atoms with Crippen molar-refractivity contribution < 1.29 is 18.7 Å². The van der Waals surface area contributed by atoms with E-state index < -0.39 is 0 Å². The number of rotatable bonds is 7. The lowest BCUT2D eigenvalue weighted by Gasteiger charge is -2.35. The van der Waals surface area contributed by atoms with Gasteiger partial charge in [-0.1, -0.05) is 52.0 Å². The van der Waals surface area contributed by atoms with E-state index in [2.05, 4.69) is 29.2 Å². The largest absolute Gasteiger partial charge is 0.482 e. The average Bonchev–Trinajstić information content (AvgIpc) is 3.71. The first-order valence-electron chi connectivity index (χ1n) is 14.6. The van der Waals surface area contributed by atoms with Gasteiger partial charge >= 0.3 is 0 Å². The fraction of sp³-hybridized carbons (Fsp3) is 0.455. The number of aryl methyl sites for hydroxylation is 2. The molecule has 0 bridgehead atoms. The van der Waals surface area contributed by atoms with E-state index in [9.17, 15) is 9.59 Å². The van der Waals surface area contributed by atoms with Gasteiger partial charge in [-0.3, -0.25) is 14.5 Å². The van der Waals surface area contributed by atoms with Crippen molar-refractivity contribution in [2.24, 2.45) is 0 Å². The Balaban J connectivity index is 0.00000106. The van der Waals surface area contributed by atoms with Gasteiger partial charge in [0.25, 0.3) is 5.91 Å². The molecule has 7 nitrogen and oxygen atoms in total. The van der Waals surface area contributed by atoms with Gasteiger partial charge in [0.05, 0.1) is 24.3 Å². The number of nitrogens with zero attached hydrogens (tertiary/aromatic N) is 3. The second-order valence-corrected chi connectivity index (χ2v) is 9.83. The van der Waals surface area contributed by atoms with Crippen molar-refractivity contribution in [1.29, 1.82) is 0 Å². The summed E-state index contributed by atoms with van der Waals surface area (Å²) in [6.07, 6.45) is 5.76. The molecule has 0 aliphatic carbocycles. The molecule has 0 spiro atoms. The summed E-state index contributed by atoms with van der Waals surface area (Å²) in [6, 6.07) is 14.0. The number of fused-ring (bicyclic) bond motifs is 1. The van der Waals surface area contributed by atoms with E-state index >= 15 is 0 Å². The van der Waals surface area contributed by atoms with Crippen molar-refractivity contribution in [2.75, 3.05) is 44.7 Å². The Bertz CT molecular complexity index is 1230. The van der Waals surface area contributed by atoms with Crippen molar-refractivity contribution in [2.45, 2.75) is 60.4 Å². The van der Waals surface area contributed by atoms with Crippen LogP contribution in [0.4, 0.5) is 5.69 Å². The summed E-state index contributed by atoms with van der Waals surface area (Å²) in [5.41, 5.74) is 5.99. The molecule has 1 unspecified atom stereocenters. The monoisotopic (exact) mass is 547 g/mol. The Hall–Kier alpha value is -3.58. The molecule has 1 saturated heterocycles. The molecule has 2 aliphatic rings. The van der Waals surface area contributed by atoms with Crippen LogP contribution in [0.15, 0.2) is 59.4 Å². The molecule has 1 fully saturated rings. The number of furan rings is 1. The van der Waals surface area contributed by atoms with E-state index in [0.29, 0.717) is 11.4 Å². The SMILES string of the molecule is CC.CC.Cc1cc2c(cc1C)N(CC(=O)N(C)C(CN1CCCC1)c1ccc(-c3ccoc3)cc1)C(=O)CO2. The van der Waals surface area contributed by atoms with Crippen molar-refractivity contribution in [3.63, 3.8) is 0 Å². The Morgan fingerprint density at radius 3 is 2.23 bits per heavy atom. The highest BCUT2D eigenvalue weighted by Crippen LogP contribution is 2.35. The van der Waals surface area contributed by atoms with Crippen LogP contribution in [0.25, 0.3) is 11.1 Å². The molecule has 40 heavy (non-hydrogen) atoms. The third kappa shape index (κ3) is 7.13. The van der Waals surface area contributed by atoms with Crippen molar-refractivity contribution >= 4 is 17.5 Å². The van der Waals surface area contributed by atoms with Crippen molar-refractivity contribution in [3.8, 4) is 16.9 Å². The first-order valence-corrected chi connectivity index (χ1v) is 14.6. The van der Waals surface area contributed by atoms with Crippen LogP contribution < -0.4 is 9.64 Å². The molecule has 3 aromatic rings. The summed E-state index contributed by atoms with van der Waals surface area (Å²) in [5.74, 6) is 0.349. The topological polar surface area (TPSA) is 66.2 Å². The minimum absolute atomic E-state index is 0.0161. The number of anilines is 1. The summed E-state index contributed by atoms with van der Waals surface area (Å²) in [4.78, 5) is 32.2. The zero-order chi connectivity index (χ0) is 29.2. The fourth-order valence-corrected chi connectivity index (χ4v) is 5.03. The molecule has 2 aromatic carbocycles. The van der Waals surface area contributed by atoms with E-state index in [0.717, 1.165) is 47.5 Å². The molecule has 0 saturated carbocycles. The van der Waals surface area contributed by atoms with Gasteiger partial charge in [-0.05, 0) is 80.2 Å². The quantitative estimate of drug-likeness (QED) is 0.332. The highest BCUT2D eigenvalue weighted by atomic mass is 16.5. The predicted molar refractivity (Wildman–Crippen MR) is 162 cm³/mol. The number of amides is 2. The summed E-state index contributed by atoms with van der Waals surface area (Å²) >= 11 is 0. The third-order valence-corrected chi connectivity index (χ3v) is 7.45. The van der Waals surface area contributed by atoms with E-state index in [1.165, 1.54) is 12.8 Å². The van der Waals surface area contributed by atoms with E-state index in [-0.39, 0.29) is 31.0 Å². The number of likely N-dealkylation sites (N-methyl/N-ethyl adjacent to an activating group) is 1. The van der Waals surface area contributed by atoms with Crippen molar-refractivity contribution in [3.05, 3.63) is 71.7 Å². The standard InChI is InChI=1S/C29H33N3O4.2C2H6/c1-20-14-25-27(15-21(20)2)36-19-29(34)32(25)17-28(33)30(3)26(16-31-11-4-5-12-31)23-8-6-22(7-9-23)24-10-13-35-18-24;2*1-2/h6-10,13-15,18,26H,4-5,11-12,16-17,19H2,1-3H3;2*1-2H3. The van der Waals surface area contributed by atoms with Gasteiger partial charge in [-0.25, -0.2) is 0 Å². The zero-order valence-corrected chi connectivity index (χ0v) is 25.2. The van der Waals surface area contributed by atoms with Crippen LogP contribution in [0.5, 0.6) is 5.75 Å². The van der Waals surface area contributed by atoms with Gasteiger partial charge in [-0.2, -0.15) is 0 Å². The summed E-state index contributed by atoms with van der Waals surface area (Å²) in [7, 11) is 1.85. The lowest BCUT2D eigenvalue weighted by molar-refractivity contribution is -0.133. The molecular formula is C33H45N3O4. The number of carbonyl (C=O) groups excluding carboxylic acids is 2. The Morgan fingerprint density at radius 2 is 1.60 bits per heavy atom. The fourth-order valence-electron chi connectivity index (χ4n) is 5.03. The minimum atomic E-state index is -0.201. The smallest absolute Gasteiger partial charge is 0.265 e. The highest BCUT2D eigenvalue weighted by Gasteiger charge is 2.32. The van der Waals surface area contributed by atoms with E-state index in [1.807, 2.05) is 66.8 Å². The zero-order valence-electron chi connectivity index (χ0n) is 25.2. The van der Waals surface area contributed by atoms with Gasteiger partial charge < -0.3 is 19.0 Å². The maximum atomic E-state index is 13.6. The second-order valence-electron chi connectivity index (χ2n) is 9.83. The van der Waals surface area contributed by atoms with Crippen LogP contribution in [0.1, 0.15) is 63.3 Å². The Morgan fingerprint density at radius 1 is 0.950 bits per heavy atom. The molecule has 0 N–H and O–H groups in total. The van der Waals surface area contributed by atoms with Crippen LogP contribution in [0.3, 0.4) is 0 Å². The first kappa shape index (κ1) is 31.0. The molecule has 216 valence electrons. The maximum absolute atomic E-state index is 13.6. The molecule has 2 aliphatic heterocycles.